The van der Waals surface area contributed by atoms with Gasteiger partial charge in [-0.15, -0.1) is 5.47 Å². The van der Waals surface area contributed by atoms with E-state index in [4.69, 9.17) is 12.6 Å². The van der Waals surface area contributed by atoms with Crippen LogP contribution >= 0.6 is 0 Å². The van der Waals surface area contributed by atoms with Gasteiger partial charge in [0.25, 0.3) is 0 Å². The molecule has 0 N–H and O–H groups in total. The summed E-state index contributed by atoms with van der Waals surface area (Å²) in [5, 5.41) is 0. The van der Waals surface area contributed by atoms with Crippen LogP contribution < -0.4 is 0 Å². The number of hydrogen-bond acceptors (Lipinski definition) is 1. The van der Waals surface area contributed by atoms with E-state index in [1.807, 2.05) is 12.2 Å². The van der Waals surface area contributed by atoms with Crippen LogP contribution in [0.25, 0.3) is 0 Å². The summed E-state index contributed by atoms with van der Waals surface area (Å²) in [5.41, 5.74) is 0.973. The lowest BCUT2D eigenvalue weighted by Gasteiger charge is -2.32. The summed E-state index contributed by atoms with van der Waals surface area (Å²) in [5.74, 6) is 2.87. The zero-order valence-corrected chi connectivity index (χ0v) is 11.1. The lowest BCUT2D eigenvalue weighted by molar-refractivity contribution is 0.0548. The summed E-state index contributed by atoms with van der Waals surface area (Å²) in [6, 6.07) is 0. The first-order valence-corrected chi connectivity index (χ1v) is 6.97. The van der Waals surface area contributed by atoms with Gasteiger partial charge in [-0.1, -0.05) is 19.9 Å². The van der Waals surface area contributed by atoms with Crippen molar-refractivity contribution in [1.82, 2.24) is 0 Å². The standard InChI is InChI=1S/C15H23BO/c1-11(2)12-3-7-14(8-4-12)17-15-9-5-13(16)6-10-15/h5,9,11-12,14H,3-4,6-8,10H2,1-2H3. The summed E-state index contributed by atoms with van der Waals surface area (Å²) in [7, 11) is 5.74. The molecule has 0 unspecified atom stereocenters. The highest BCUT2D eigenvalue weighted by atomic mass is 16.5. The van der Waals surface area contributed by atoms with Gasteiger partial charge in [0.2, 0.25) is 0 Å². The van der Waals surface area contributed by atoms with Crippen molar-refractivity contribution >= 4 is 7.85 Å². The van der Waals surface area contributed by atoms with Gasteiger partial charge in [0.15, 0.2) is 0 Å². The minimum Gasteiger partial charge on any atom is -0.495 e. The Labute approximate surface area is 107 Å². The lowest BCUT2D eigenvalue weighted by Crippen LogP contribution is -2.24. The van der Waals surface area contributed by atoms with E-state index in [0.29, 0.717) is 6.10 Å². The average Bonchev–Trinajstić information content (AvgIpc) is 2.33. The average molecular weight is 230 g/mol. The number of allylic oxidation sites excluding steroid dienone is 4. The first kappa shape index (κ1) is 12.8. The lowest BCUT2D eigenvalue weighted by atomic mass is 9.80. The first-order chi connectivity index (χ1) is 8.15. The van der Waals surface area contributed by atoms with E-state index in [-0.39, 0.29) is 0 Å². The van der Waals surface area contributed by atoms with Crippen LogP contribution in [0.1, 0.15) is 52.4 Å². The van der Waals surface area contributed by atoms with E-state index in [2.05, 4.69) is 13.8 Å². The Morgan fingerprint density at radius 3 is 2.35 bits per heavy atom. The molecule has 17 heavy (non-hydrogen) atoms. The summed E-state index contributed by atoms with van der Waals surface area (Å²) in [6.45, 7) is 4.67. The van der Waals surface area contributed by atoms with Gasteiger partial charge in [-0.3, -0.25) is 0 Å². The third-order valence-electron chi connectivity index (χ3n) is 4.12. The van der Waals surface area contributed by atoms with Gasteiger partial charge in [0, 0.05) is 6.42 Å². The van der Waals surface area contributed by atoms with Crippen LogP contribution in [-0.4, -0.2) is 14.0 Å². The van der Waals surface area contributed by atoms with Gasteiger partial charge < -0.3 is 4.74 Å². The molecule has 0 aliphatic heterocycles. The Morgan fingerprint density at radius 1 is 1.12 bits per heavy atom. The quantitative estimate of drug-likeness (QED) is 0.667. The SMILES string of the molecule is [B]C1=CC=C(OC2CCC(C(C)C)CC2)CC1. The van der Waals surface area contributed by atoms with Crippen LogP contribution in [0.4, 0.5) is 0 Å². The molecule has 0 spiro atoms. The fourth-order valence-corrected chi connectivity index (χ4v) is 2.82. The normalized spacial score (nSPS) is 29.8. The number of rotatable bonds is 3. The summed E-state index contributed by atoms with van der Waals surface area (Å²) in [4.78, 5) is 0. The molecular weight excluding hydrogens is 207 g/mol. The van der Waals surface area contributed by atoms with E-state index in [1.54, 1.807) is 0 Å². The van der Waals surface area contributed by atoms with Crippen LogP contribution in [0.5, 0.6) is 0 Å². The van der Waals surface area contributed by atoms with Crippen LogP contribution in [0.3, 0.4) is 0 Å². The van der Waals surface area contributed by atoms with Crippen LogP contribution in [-0.2, 0) is 4.74 Å². The van der Waals surface area contributed by atoms with Gasteiger partial charge in [-0.05, 0) is 50.0 Å². The predicted molar refractivity (Wildman–Crippen MR) is 72.8 cm³/mol. The van der Waals surface area contributed by atoms with Gasteiger partial charge in [0.1, 0.15) is 7.85 Å². The van der Waals surface area contributed by atoms with Crippen molar-refractivity contribution in [1.29, 1.82) is 0 Å². The first-order valence-electron chi connectivity index (χ1n) is 6.97. The van der Waals surface area contributed by atoms with E-state index in [1.165, 1.54) is 25.7 Å². The molecule has 0 saturated heterocycles. The third-order valence-corrected chi connectivity index (χ3v) is 4.12. The second-order valence-electron chi connectivity index (χ2n) is 5.77. The molecule has 0 aromatic heterocycles. The van der Waals surface area contributed by atoms with Crippen LogP contribution in [0.2, 0.25) is 0 Å². The Kier molecular flexibility index (Phi) is 4.36. The summed E-state index contributed by atoms with van der Waals surface area (Å²) >= 11 is 0. The second-order valence-corrected chi connectivity index (χ2v) is 5.77. The highest BCUT2D eigenvalue weighted by Crippen LogP contribution is 2.33. The van der Waals surface area contributed by atoms with E-state index < -0.39 is 0 Å². The molecule has 2 aliphatic rings. The van der Waals surface area contributed by atoms with Crippen molar-refractivity contribution in [3.8, 4) is 0 Å². The maximum atomic E-state index is 6.07. The molecule has 0 aromatic rings. The topological polar surface area (TPSA) is 9.23 Å². The molecule has 0 atom stereocenters. The molecule has 92 valence electrons. The molecule has 0 bridgehead atoms. The van der Waals surface area contributed by atoms with E-state index >= 15 is 0 Å². The fourth-order valence-electron chi connectivity index (χ4n) is 2.82. The fraction of sp³-hybridized carbons (Fsp3) is 0.733. The van der Waals surface area contributed by atoms with Gasteiger partial charge in [-0.25, -0.2) is 0 Å². The second kappa shape index (κ2) is 5.79. The molecule has 0 heterocycles. The molecule has 0 aromatic carbocycles. The number of hydrogen-bond donors (Lipinski definition) is 0. The smallest absolute Gasteiger partial charge is 0.107 e. The molecule has 2 heteroatoms. The highest BCUT2D eigenvalue weighted by molar-refractivity contribution is 6.21. The highest BCUT2D eigenvalue weighted by Gasteiger charge is 2.24. The molecule has 1 saturated carbocycles. The van der Waals surface area contributed by atoms with E-state index in [9.17, 15) is 0 Å². The van der Waals surface area contributed by atoms with Gasteiger partial charge >= 0.3 is 0 Å². The molecule has 2 rings (SSSR count). The Morgan fingerprint density at radius 2 is 1.82 bits per heavy atom. The largest absolute Gasteiger partial charge is 0.495 e. The molecular formula is C15H23BO. The van der Waals surface area contributed by atoms with Crippen molar-refractivity contribution in [2.24, 2.45) is 11.8 Å². The Balaban J connectivity index is 1.79. The Hall–Kier alpha value is -0.655. The monoisotopic (exact) mass is 230 g/mol. The van der Waals surface area contributed by atoms with Crippen LogP contribution in [0, 0.1) is 11.8 Å². The maximum Gasteiger partial charge on any atom is 0.107 e. The van der Waals surface area contributed by atoms with Crippen molar-refractivity contribution in [3.05, 3.63) is 23.4 Å². The van der Waals surface area contributed by atoms with E-state index in [0.717, 1.165) is 35.9 Å². The zero-order chi connectivity index (χ0) is 12.3. The number of ether oxygens (including phenoxy) is 1. The molecule has 0 amide bonds. The predicted octanol–water partition coefficient (Wildman–Crippen LogP) is 3.95. The maximum absolute atomic E-state index is 6.07. The molecule has 2 radical (unpaired) electrons. The van der Waals surface area contributed by atoms with Crippen molar-refractivity contribution in [2.45, 2.75) is 58.5 Å². The van der Waals surface area contributed by atoms with Crippen LogP contribution in [0.15, 0.2) is 23.4 Å². The van der Waals surface area contributed by atoms with Gasteiger partial charge in [-0.2, -0.15) is 0 Å². The van der Waals surface area contributed by atoms with Gasteiger partial charge in [0.05, 0.1) is 11.9 Å². The van der Waals surface area contributed by atoms with Crippen molar-refractivity contribution in [2.75, 3.05) is 0 Å². The molecule has 1 nitrogen and oxygen atoms in total. The Bertz CT molecular complexity index is 309. The minimum atomic E-state index is 0.448. The summed E-state index contributed by atoms with van der Waals surface area (Å²) in [6.07, 6.45) is 11.5. The summed E-state index contributed by atoms with van der Waals surface area (Å²) < 4.78 is 6.07. The molecule has 2 aliphatic carbocycles. The zero-order valence-electron chi connectivity index (χ0n) is 11.1. The van der Waals surface area contributed by atoms with Crippen molar-refractivity contribution in [3.63, 3.8) is 0 Å². The third kappa shape index (κ3) is 3.65. The minimum absolute atomic E-state index is 0.448. The van der Waals surface area contributed by atoms with Crippen molar-refractivity contribution < 1.29 is 4.74 Å². The molecule has 1 fully saturated rings.